The molecule has 0 atom stereocenters. The van der Waals surface area contributed by atoms with Gasteiger partial charge in [0.05, 0.1) is 17.9 Å². The first-order valence-corrected chi connectivity index (χ1v) is 12.0. The molecule has 1 aromatic carbocycles. The Kier molecular flexibility index (Phi) is 7.75. The van der Waals surface area contributed by atoms with E-state index in [0.29, 0.717) is 22.5 Å². The number of aryl methyl sites for hydroxylation is 2. The summed E-state index contributed by atoms with van der Waals surface area (Å²) >= 11 is 0. The van der Waals surface area contributed by atoms with E-state index in [4.69, 9.17) is 9.72 Å². The highest BCUT2D eigenvalue weighted by atomic mass is 19.4. The Morgan fingerprint density at radius 2 is 1.92 bits per heavy atom. The zero-order chi connectivity index (χ0) is 27.4. The summed E-state index contributed by atoms with van der Waals surface area (Å²) < 4.78 is 47.0. The highest BCUT2D eigenvalue weighted by molar-refractivity contribution is 5.95. The van der Waals surface area contributed by atoms with Crippen molar-refractivity contribution < 1.29 is 17.9 Å². The van der Waals surface area contributed by atoms with Crippen molar-refractivity contribution in [3.05, 3.63) is 105 Å². The predicted octanol–water partition coefficient (Wildman–Crippen LogP) is 6.51. The van der Waals surface area contributed by atoms with Crippen molar-refractivity contribution >= 4 is 22.8 Å². The van der Waals surface area contributed by atoms with Crippen LogP contribution in [0.3, 0.4) is 0 Å². The average molecular weight is 521 g/mol. The van der Waals surface area contributed by atoms with Gasteiger partial charge in [-0.25, -0.2) is 4.98 Å². The predicted molar refractivity (Wildman–Crippen MR) is 142 cm³/mol. The van der Waals surface area contributed by atoms with E-state index in [-0.39, 0.29) is 13.2 Å². The number of para-hydroxylation sites is 1. The van der Waals surface area contributed by atoms with Gasteiger partial charge in [-0.1, -0.05) is 18.2 Å². The van der Waals surface area contributed by atoms with Gasteiger partial charge in [0, 0.05) is 40.8 Å². The van der Waals surface area contributed by atoms with Gasteiger partial charge >= 0.3 is 6.18 Å². The Morgan fingerprint density at radius 3 is 2.63 bits per heavy atom. The second kappa shape index (κ2) is 11.0. The van der Waals surface area contributed by atoms with E-state index in [1.54, 1.807) is 18.5 Å². The lowest BCUT2D eigenvalue weighted by atomic mass is 10.0. The Morgan fingerprint density at radius 1 is 1.13 bits per heavy atom. The molecule has 0 spiro atoms. The number of fused-ring (bicyclic) bond motifs is 1. The van der Waals surface area contributed by atoms with E-state index in [0.717, 1.165) is 38.5 Å². The number of rotatable bonds is 7. The first-order valence-electron chi connectivity index (χ1n) is 12.0. The summed E-state index contributed by atoms with van der Waals surface area (Å²) in [6, 6.07) is 11.4. The van der Waals surface area contributed by atoms with Crippen molar-refractivity contribution in [3.8, 4) is 5.75 Å². The molecule has 9 heteroatoms. The van der Waals surface area contributed by atoms with Crippen molar-refractivity contribution in [2.24, 2.45) is 4.99 Å². The number of halogens is 3. The Balaban J connectivity index is 1.70. The van der Waals surface area contributed by atoms with Crippen molar-refractivity contribution in [3.63, 3.8) is 0 Å². The number of benzene rings is 1. The monoisotopic (exact) mass is 520 g/mol. The Labute approximate surface area is 218 Å². The number of pyridine rings is 3. The van der Waals surface area contributed by atoms with Crippen molar-refractivity contribution in [1.82, 2.24) is 14.5 Å². The largest absolute Gasteiger partial charge is 0.487 e. The smallest absolute Gasteiger partial charge is 0.421 e. The van der Waals surface area contributed by atoms with Gasteiger partial charge in [-0.05, 0) is 63.6 Å². The Hall–Kier alpha value is -4.27. The van der Waals surface area contributed by atoms with E-state index >= 15 is 0 Å². The maximum absolute atomic E-state index is 13.3. The van der Waals surface area contributed by atoms with Crippen LogP contribution in [0.2, 0.25) is 0 Å². The zero-order valence-electron chi connectivity index (χ0n) is 21.5. The molecule has 38 heavy (non-hydrogen) atoms. The topological polar surface area (TPSA) is 69.4 Å². The Bertz CT molecular complexity index is 1600. The number of ether oxygens (including phenoxy) is 1. The van der Waals surface area contributed by atoms with Crippen molar-refractivity contribution in [2.75, 3.05) is 0 Å². The molecule has 0 saturated heterocycles. The summed E-state index contributed by atoms with van der Waals surface area (Å²) in [6.07, 6.45) is 1.82. The molecule has 0 bridgehead atoms. The van der Waals surface area contributed by atoms with E-state index in [2.05, 4.69) is 9.98 Å². The van der Waals surface area contributed by atoms with Crippen LogP contribution in [0.5, 0.6) is 5.75 Å². The van der Waals surface area contributed by atoms with Crippen LogP contribution in [0.1, 0.15) is 47.5 Å². The normalized spacial score (nSPS) is 12.4. The van der Waals surface area contributed by atoms with Crippen LogP contribution in [0.15, 0.2) is 70.7 Å². The van der Waals surface area contributed by atoms with Gasteiger partial charge in [-0.15, -0.1) is 0 Å². The van der Waals surface area contributed by atoms with E-state index < -0.39 is 17.3 Å². The number of hydrogen-bond acceptors (Lipinski definition) is 5. The molecule has 196 valence electrons. The van der Waals surface area contributed by atoms with Crippen LogP contribution in [0, 0.1) is 13.8 Å². The van der Waals surface area contributed by atoms with Gasteiger partial charge in [-0.3, -0.25) is 14.8 Å². The van der Waals surface area contributed by atoms with Crippen LogP contribution in [0.25, 0.3) is 16.6 Å². The van der Waals surface area contributed by atoms with Crippen LogP contribution < -0.4 is 10.3 Å². The highest BCUT2D eigenvalue weighted by Crippen LogP contribution is 2.32. The van der Waals surface area contributed by atoms with Crippen LogP contribution in [-0.2, 0) is 19.3 Å². The standard InChI is InChI=1S/C29H27F3N4O2/c1-5-24(33-6-2)21-15-19(4)35-27-20(21)9-7-11-26(27)38-17-22-18(3)12-13-34-25(22)16-36-14-8-10-23(28(36)37)29(30,31)32/h5-15H,16-17H2,1-4H3/b24-5-,33-6-. The lowest BCUT2D eigenvalue weighted by Crippen LogP contribution is -2.29. The minimum absolute atomic E-state index is 0.0936. The molecule has 6 nitrogen and oxygen atoms in total. The average Bonchev–Trinajstić information content (AvgIpc) is 2.87. The summed E-state index contributed by atoms with van der Waals surface area (Å²) in [5.41, 5.74) is 2.86. The number of alkyl halides is 3. The molecular formula is C29H27F3N4O2. The maximum Gasteiger partial charge on any atom is 0.421 e. The fourth-order valence-corrected chi connectivity index (χ4v) is 4.28. The third-order valence-corrected chi connectivity index (χ3v) is 6.15. The van der Waals surface area contributed by atoms with Gasteiger partial charge < -0.3 is 9.30 Å². The van der Waals surface area contributed by atoms with Gasteiger partial charge in [0.15, 0.2) is 0 Å². The molecular weight excluding hydrogens is 493 g/mol. The molecule has 0 radical (unpaired) electrons. The zero-order valence-corrected chi connectivity index (χ0v) is 21.5. The van der Waals surface area contributed by atoms with E-state index in [1.807, 2.05) is 58.0 Å². The summed E-state index contributed by atoms with van der Waals surface area (Å²) in [4.78, 5) is 26.0. The third kappa shape index (κ3) is 5.51. The summed E-state index contributed by atoms with van der Waals surface area (Å²) in [5, 5.41) is 0.880. The number of aromatic nitrogens is 3. The second-order valence-electron chi connectivity index (χ2n) is 8.72. The molecule has 0 saturated carbocycles. The molecule has 4 aromatic rings. The van der Waals surface area contributed by atoms with E-state index in [9.17, 15) is 18.0 Å². The first kappa shape index (κ1) is 26.8. The molecule has 0 aliphatic rings. The minimum atomic E-state index is -4.74. The maximum atomic E-state index is 13.3. The van der Waals surface area contributed by atoms with Gasteiger partial charge in [-0.2, -0.15) is 13.2 Å². The van der Waals surface area contributed by atoms with Crippen molar-refractivity contribution in [1.29, 1.82) is 0 Å². The number of hydrogen-bond donors (Lipinski definition) is 0. The fraction of sp³-hybridized carbons (Fsp3) is 0.241. The lowest BCUT2D eigenvalue weighted by molar-refractivity contribution is -0.138. The molecule has 0 N–H and O–H groups in total. The number of aliphatic imine (C=N–C) groups is 1. The van der Waals surface area contributed by atoms with E-state index in [1.165, 1.54) is 12.3 Å². The summed E-state index contributed by atoms with van der Waals surface area (Å²) in [5.74, 6) is 0.550. The molecule has 3 heterocycles. The highest BCUT2D eigenvalue weighted by Gasteiger charge is 2.34. The molecule has 3 aromatic heterocycles. The quantitative estimate of drug-likeness (QED) is 0.261. The fourth-order valence-electron chi connectivity index (χ4n) is 4.28. The van der Waals surface area contributed by atoms with Crippen LogP contribution in [0.4, 0.5) is 13.2 Å². The number of allylic oxidation sites excluding steroid dienone is 1. The summed E-state index contributed by atoms with van der Waals surface area (Å²) in [7, 11) is 0. The second-order valence-corrected chi connectivity index (χ2v) is 8.72. The van der Waals surface area contributed by atoms with Gasteiger partial charge in [0.1, 0.15) is 23.4 Å². The van der Waals surface area contributed by atoms with Crippen LogP contribution in [-0.4, -0.2) is 20.7 Å². The molecule has 4 rings (SSSR count). The van der Waals surface area contributed by atoms with Gasteiger partial charge in [0.25, 0.3) is 5.56 Å². The van der Waals surface area contributed by atoms with Gasteiger partial charge in [0.2, 0.25) is 0 Å². The summed E-state index contributed by atoms with van der Waals surface area (Å²) in [6.45, 7) is 7.51. The molecule has 0 fully saturated rings. The molecule has 0 amide bonds. The van der Waals surface area contributed by atoms with Crippen LogP contribution >= 0.6 is 0 Å². The first-order chi connectivity index (χ1) is 18.1. The third-order valence-electron chi connectivity index (χ3n) is 6.15. The molecule has 0 unspecified atom stereocenters. The minimum Gasteiger partial charge on any atom is -0.487 e. The molecule has 0 aliphatic heterocycles. The lowest BCUT2D eigenvalue weighted by Gasteiger charge is -2.16. The SMILES string of the molecule is C/C=N\C(=C/C)c1cc(C)nc2c(OCc3c(C)ccnc3Cn3cccc(C(F)(F)F)c3=O)cccc12. The molecule has 0 aliphatic carbocycles. The van der Waals surface area contributed by atoms with Crippen molar-refractivity contribution in [2.45, 2.75) is 47.0 Å². The number of nitrogens with zero attached hydrogens (tertiary/aromatic N) is 4.